The topological polar surface area (TPSA) is 93.6 Å². The van der Waals surface area contributed by atoms with Crippen LogP contribution in [0.4, 0.5) is 5.69 Å². The van der Waals surface area contributed by atoms with Gasteiger partial charge in [-0.15, -0.1) is 0 Å². The number of rotatable bonds is 13. The second-order valence-corrected chi connectivity index (χ2v) is 8.45. The molecule has 3 aromatic carbocycles. The van der Waals surface area contributed by atoms with Gasteiger partial charge in [-0.25, -0.2) is 9.97 Å². The van der Waals surface area contributed by atoms with Crippen molar-refractivity contribution in [3.8, 4) is 22.8 Å². The number of carboxylic acid groups (broad SMARTS) is 1. The molecule has 0 atom stereocenters. The lowest BCUT2D eigenvalue weighted by atomic mass is 10.0. The first-order valence-electron chi connectivity index (χ1n) is 12.3. The molecule has 0 bridgehead atoms. The lowest BCUT2D eigenvalue weighted by molar-refractivity contribution is -0.134. The van der Waals surface area contributed by atoms with Crippen LogP contribution in [0.25, 0.3) is 22.2 Å². The van der Waals surface area contributed by atoms with E-state index in [0.29, 0.717) is 13.2 Å². The molecule has 0 fully saturated rings. The summed E-state index contributed by atoms with van der Waals surface area (Å²) < 4.78 is 12.0. The number of carbonyl (C=O) groups is 1. The fourth-order valence-corrected chi connectivity index (χ4v) is 4.05. The third-order valence-electron chi connectivity index (χ3n) is 5.78. The molecule has 1 heterocycles. The van der Waals surface area contributed by atoms with Gasteiger partial charge in [0.2, 0.25) is 0 Å². The molecule has 7 nitrogen and oxygen atoms in total. The van der Waals surface area contributed by atoms with Crippen LogP contribution in [0, 0.1) is 0 Å². The second-order valence-electron chi connectivity index (χ2n) is 8.45. The maximum absolute atomic E-state index is 10.6. The van der Waals surface area contributed by atoms with Gasteiger partial charge in [0.05, 0.1) is 24.4 Å². The summed E-state index contributed by atoms with van der Waals surface area (Å²) in [5, 5.41) is 12.6. The molecule has 0 amide bonds. The molecule has 4 rings (SSSR count). The number of aromatic nitrogens is 2. The van der Waals surface area contributed by atoms with Crippen molar-refractivity contribution >= 4 is 22.6 Å². The Bertz CT molecular complexity index is 1280. The predicted octanol–water partition coefficient (Wildman–Crippen LogP) is 5.98. The van der Waals surface area contributed by atoms with Crippen LogP contribution in [0.2, 0.25) is 0 Å². The Morgan fingerprint density at radius 3 is 2.39 bits per heavy atom. The molecule has 7 heteroatoms. The van der Waals surface area contributed by atoms with E-state index in [1.807, 2.05) is 48.5 Å². The molecule has 0 spiro atoms. The Morgan fingerprint density at radius 2 is 1.67 bits per heavy atom. The minimum atomic E-state index is -0.895. The van der Waals surface area contributed by atoms with Crippen molar-refractivity contribution in [3.63, 3.8) is 0 Å². The highest BCUT2D eigenvalue weighted by Crippen LogP contribution is 2.33. The molecule has 186 valence electrons. The average molecular weight is 486 g/mol. The SMILES string of the molecule is CCCc1c(OCCCCOc2ccc(NCC(=O)O)cc2)ccc2c(-c3ccccc3)ncnc12. The van der Waals surface area contributed by atoms with E-state index in [4.69, 9.17) is 14.6 Å². The molecule has 0 saturated heterocycles. The number of nitrogens with one attached hydrogen (secondary N) is 1. The minimum Gasteiger partial charge on any atom is -0.494 e. The number of hydrogen-bond donors (Lipinski definition) is 2. The number of unbranched alkanes of at least 4 members (excludes halogenated alkanes) is 1. The van der Waals surface area contributed by atoms with Crippen LogP contribution in [0.15, 0.2) is 73.1 Å². The normalized spacial score (nSPS) is 10.8. The van der Waals surface area contributed by atoms with Crippen LogP contribution >= 0.6 is 0 Å². The summed E-state index contributed by atoms with van der Waals surface area (Å²) in [4.78, 5) is 19.8. The lowest BCUT2D eigenvalue weighted by Crippen LogP contribution is -2.12. The summed E-state index contributed by atoms with van der Waals surface area (Å²) in [5.41, 5.74) is 4.84. The van der Waals surface area contributed by atoms with Crippen molar-refractivity contribution in [3.05, 3.63) is 78.6 Å². The molecule has 0 saturated carbocycles. The Hall–Kier alpha value is -4.13. The summed E-state index contributed by atoms with van der Waals surface area (Å²) in [6.45, 7) is 3.23. The van der Waals surface area contributed by atoms with E-state index in [-0.39, 0.29) is 6.54 Å². The quantitative estimate of drug-likeness (QED) is 0.225. The molecular weight excluding hydrogens is 454 g/mol. The van der Waals surface area contributed by atoms with Gasteiger partial charge >= 0.3 is 5.97 Å². The van der Waals surface area contributed by atoms with Crippen molar-refractivity contribution in [2.75, 3.05) is 25.1 Å². The average Bonchev–Trinajstić information content (AvgIpc) is 2.91. The van der Waals surface area contributed by atoms with Gasteiger partial charge in [0.15, 0.2) is 0 Å². The Kier molecular flexibility index (Phi) is 8.70. The van der Waals surface area contributed by atoms with E-state index in [2.05, 4.69) is 40.4 Å². The number of aliphatic carboxylic acids is 1. The van der Waals surface area contributed by atoms with Crippen LogP contribution < -0.4 is 14.8 Å². The van der Waals surface area contributed by atoms with Crippen molar-refractivity contribution in [2.24, 2.45) is 0 Å². The summed E-state index contributed by atoms with van der Waals surface area (Å²) >= 11 is 0. The highest BCUT2D eigenvalue weighted by Gasteiger charge is 2.14. The standard InChI is InChI=1S/C29H31N3O4/c1-2-8-24-26(16-15-25-28(31-20-32-29(24)25)21-9-4-3-5-10-21)36-18-7-6-17-35-23-13-11-22(12-14-23)30-19-27(33)34/h3-5,9-16,20,30H,2,6-8,17-19H2,1H3,(H,33,34). The van der Waals surface area contributed by atoms with Crippen LogP contribution in [0.3, 0.4) is 0 Å². The van der Waals surface area contributed by atoms with Gasteiger partial charge in [-0.1, -0.05) is 43.7 Å². The Morgan fingerprint density at radius 1 is 0.917 bits per heavy atom. The van der Waals surface area contributed by atoms with Crippen LogP contribution in [-0.2, 0) is 11.2 Å². The van der Waals surface area contributed by atoms with Gasteiger partial charge in [0, 0.05) is 22.2 Å². The van der Waals surface area contributed by atoms with Gasteiger partial charge < -0.3 is 19.9 Å². The number of benzene rings is 3. The molecule has 1 aromatic heterocycles. The predicted molar refractivity (Wildman–Crippen MR) is 142 cm³/mol. The number of ether oxygens (including phenoxy) is 2. The van der Waals surface area contributed by atoms with Gasteiger partial charge in [-0.05, 0) is 55.7 Å². The molecule has 2 N–H and O–H groups in total. The fraction of sp³-hybridized carbons (Fsp3) is 0.276. The van der Waals surface area contributed by atoms with Crippen molar-refractivity contribution < 1.29 is 19.4 Å². The third kappa shape index (κ3) is 6.50. The maximum Gasteiger partial charge on any atom is 0.322 e. The largest absolute Gasteiger partial charge is 0.494 e. The van der Waals surface area contributed by atoms with Crippen molar-refractivity contribution in [2.45, 2.75) is 32.6 Å². The van der Waals surface area contributed by atoms with Gasteiger partial charge in [0.1, 0.15) is 24.4 Å². The number of anilines is 1. The van der Waals surface area contributed by atoms with Crippen LogP contribution in [0.5, 0.6) is 11.5 Å². The zero-order chi connectivity index (χ0) is 25.2. The Labute approximate surface area is 211 Å². The fourth-order valence-electron chi connectivity index (χ4n) is 4.05. The third-order valence-corrected chi connectivity index (χ3v) is 5.78. The molecule has 0 aliphatic heterocycles. The molecule has 0 radical (unpaired) electrons. The van der Waals surface area contributed by atoms with Gasteiger partial charge in [-0.2, -0.15) is 0 Å². The number of fused-ring (bicyclic) bond motifs is 1. The first kappa shape index (κ1) is 25.0. The molecule has 4 aromatic rings. The number of carboxylic acids is 1. The van der Waals surface area contributed by atoms with E-state index in [1.54, 1.807) is 6.33 Å². The molecule has 0 aliphatic carbocycles. The van der Waals surface area contributed by atoms with Gasteiger partial charge in [-0.3, -0.25) is 4.79 Å². The molecule has 0 aliphatic rings. The molecule has 36 heavy (non-hydrogen) atoms. The number of nitrogens with zero attached hydrogens (tertiary/aromatic N) is 2. The van der Waals surface area contributed by atoms with E-state index in [0.717, 1.165) is 70.6 Å². The van der Waals surface area contributed by atoms with E-state index in [1.165, 1.54) is 0 Å². The monoisotopic (exact) mass is 485 g/mol. The zero-order valence-corrected chi connectivity index (χ0v) is 20.4. The van der Waals surface area contributed by atoms with Crippen LogP contribution in [-0.4, -0.2) is 40.8 Å². The lowest BCUT2D eigenvalue weighted by Gasteiger charge is -2.15. The van der Waals surface area contributed by atoms with E-state index < -0.39 is 5.97 Å². The smallest absolute Gasteiger partial charge is 0.322 e. The van der Waals surface area contributed by atoms with Crippen molar-refractivity contribution in [1.82, 2.24) is 9.97 Å². The molecule has 0 unspecified atom stereocenters. The van der Waals surface area contributed by atoms with E-state index >= 15 is 0 Å². The first-order chi connectivity index (χ1) is 17.7. The Balaban J connectivity index is 1.32. The first-order valence-corrected chi connectivity index (χ1v) is 12.3. The minimum absolute atomic E-state index is 0.113. The summed E-state index contributed by atoms with van der Waals surface area (Å²) in [6, 6.07) is 21.6. The second kappa shape index (κ2) is 12.5. The summed E-state index contributed by atoms with van der Waals surface area (Å²) in [6.07, 6.45) is 5.24. The highest BCUT2D eigenvalue weighted by molar-refractivity contribution is 5.95. The highest BCUT2D eigenvalue weighted by atomic mass is 16.5. The number of hydrogen-bond acceptors (Lipinski definition) is 6. The number of aryl methyl sites for hydroxylation is 1. The summed E-state index contributed by atoms with van der Waals surface area (Å²) in [7, 11) is 0. The van der Waals surface area contributed by atoms with Crippen molar-refractivity contribution in [1.29, 1.82) is 0 Å². The molecular formula is C29H31N3O4. The maximum atomic E-state index is 10.6. The van der Waals surface area contributed by atoms with Crippen LogP contribution in [0.1, 0.15) is 31.7 Å². The van der Waals surface area contributed by atoms with Gasteiger partial charge in [0.25, 0.3) is 0 Å². The summed E-state index contributed by atoms with van der Waals surface area (Å²) in [5.74, 6) is 0.742. The van der Waals surface area contributed by atoms with E-state index in [9.17, 15) is 4.79 Å². The zero-order valence-electron chi connectivity index (χ0n) is 20.4.